The molecule has 224 valence electrons. The predicted molar refractivity (Wildman–Crippen MR) is 141 cm³/mol. The lowest BCUT2D eigenvalue weighted by atomic mass is 9.97. The number of anilines is 1. The van der Waals surface area contributed by atoms with Gasteiger partial charge in [0.05, 0.1) is 21.7 Å². The monoisotopic (exact) mass is 597 g/mol. The Labute approximate surface area is 233 Å². The van der Waals surface area contributed by atoms with E-state index in [4.69, 9.17) is 12.2 Å². The fourth-order valence-electron chi connectivity index (χ4n) is 3.90. The van der Waals surface area contributed by atoms with E-state index >= 15 is 0 Å². The highest BCUT2D eigenvalue weighted by atomic mass is 32.1. The number of carbonyl (C=O) groups excluding carboxylic acids is 2. The van der Waals surface area contributed by atoms with Gasteiger partial charge in [0, 0.05) is 30.9 Å². The normalized spacial score (nSPS) is 18.6. The molecule has 2 heterocycles. The molecule has 0 saturated carbocycles. The zero-order valence-electron chi connectivity index (χ0n) is 22.7. The molecule has 0 spiro atoms. The first-order valence-electron chi connectivity index (χ1n) is 12.5. The molecule has 1 saturated heterocycles. The molecular formula is C25H33F6N5O3S. The van der Waals surface area contributed by atoms with Crippen molar-refractivity contribution in [1.82, 2.24) is 15.2 Å². The number of piperidine rings is 1. The minimum atomic E-state index is -5.07. The minimum Gasteiger partial charge on any atom is -0.389 e. The quantitative estimate of drug-likeness (QED) is 0.170. The Kier molecular flexibility index (Phi) is 10.7. The molecule has 0 aromatic carbocycles. The van der Waals surface area contributed by atoms with Gasteiger partial charge < -0.3 is 20.6 Å². The molecule has 1 aromatic rings. The van der Waals surface area contributed by atoms with Crippen LogP contribution < -0.4 is 10.6 Å². The zero-order valence-corrected chi connectivity index (χ0v) is 23.5. The van der Waals surface area contributed by atoms with Gasteiger partial charge in [0.2, 0.25) is 0 Å². The van der Waals surface area contributed by atoms with Crippen molar-refractivity contribution in [3.05, 3.63) is 23.4 Å². The number of nitrogens with zero attached hydrogens (tertiary/aromatic N) is 3. The number of amides is 2. The second kappa shape index (κ2) is 12.8. The molecule has 2 amide bonds. The molecule has 1 unspecified atom stereocenters. The number of carbonyl (C=O) groups is 2. The lowest BCUT2D eigenvalue weighted by molar-refractivity contribution is -0.138. The molecular weight excluding hydrogens is 564 g/mol. The van der Waals surface area contributed by atoms with Crippen LogP contribution in [0, 0.1) is 0 Å². The van der Waals surface area contributed by atoms with Crippen LogP contribution in [0.3, 0.4) is 0 Å². The van der Waals surface area contributed by atoms with E-state index in [0.29, 0.717) is 31.6 Å². The number of aromatic nitrogens is 1. The summed E-state index contributed by atoms with van der Waals surface area (Å²) in [4.78, 5) is 34.8. The topological polar surface area (TPSA) is 107 Å². The standard InChI is InChI=1S/C25H33F6N5O3S/c1-13-8-6-7-9-36(13)22(38)19(34-14(2)21(37)33-12-23(4,5)39)20(40)16-11-32-18(10-17(16)25(29,30)31)35-15(3)24(26,27)28/h10-11,13,15,19,39H,6-9,12H2,1-5H3,(H,32,35)(H,33,37)/t13-,15-,19?/m0/s1. The highest BCUT2D eigenvalue weighted by molar-refractivity contribution is 7.81. The first-order chi connectivity index (χ1) is 18.2. The first kappa shape index (κ1) is 33.4. The van der Waals surface area contributed by atoms with Crippen LogP contribution in [-0.4, -0.2) is 80.4 Å². The van der Waals surface area contributed by atoms with Gasteiger partial charge in [0.25, 0.3) is 11.8 Å². The van der Waals surface area contributed by atoms with E-state index < -0.39 is 63.7 Å². The van der Waals surface area contributed by atoms with Crippen molar-refractivity contribution in [1.29, 1.82) is 0 Å². The van der Waals surface area contributed by atoms with Crippen LogP contribution in [0.5, 0.6) is 0 Å². The summed E-state index contributed by atoms with van der Waals surface area (Å²) in [6, 6.07) is -3.79. The van der Waals surface area contributed by atoms with Gasteiger partial charge in [0.15, 0.2) is 6.04 Å². The number of rotatable bonds is 9. The predicted octanol–water partition coefficient (Wildman–Crippen LogP) is 4.30. The van der Waals surface area contributed by atoms with E-state index in [-0.39, 0.29) is 18.3 Å². The molecule has 0 radical (unpaired) electrons. The van der Waals surface area contributed by atoms with Crippen LogP contribution in [0.2, 0.25) is 0 Å². The Morgan fingerprint density at radius 1 is 1.23 bits per heavy atom. The van der Waals surface area contributed by atoms with Crippen molar-refractivity contribution in [3.8, 4) is 0 Å². The molecule has 1 aromatic heterocycles. The second-order valence-corrected chi connectivity index (χ2v) is 10.8. The first-order valence-corrected chi connectivity index (χ1v) is 12.9. The summed E-state index contributed by atoms with van der Waals surface area (Å²) < 4.78 is 81.1. The van der Waals surface area contributed by atoms with Crippen molar-refractivity contribution >= 4 is 40.4 Å². The Bertz CT molecular complexity index is 1130. The highest BCUT2D eigenvalue weighted by Crippen LogP contribution is 2.35. The van der Waals surface area contributed by atoms with E-state index in [1.807, 2.05) is 5.32 Å². The molecule has 3 N–H and O–H groups in total. The van der Waals surface area contributed by atoms with Gasteiger partial charge in [-0.2, -0.15) is 26.3 Å². The van der Waals surface area contributed by atoms with Gasteiger partial charge in [-0.25, -0.2) is 4.98 Å². The Morgan fingerprint density at radius 3 is 2.38 bits per heavy atom. The summed E-state index contributed by atoms with van der Waals surface area (Å²) in [7, 11) is 0. The molecule has 0 bridgehead atoms. The molecule has 2 rings (SSSR count). The summed E-state index contributed by atoms with van der Waals surface area (Å²) in [5, 5.41) is 14.2. The maximum atomic E-state index is 14.1. The number of hydrogen-bond donors (Lipinski definition) is 3. The molecule has 1 fully saturated rings. The number of aliphatic imine (C=N–C) groups is 1. The zero-order chi connectivity index (χ0) is 30.6. The van der Waals surface area contributed by atoms with Crippen LogP contribution >= 0.6 is 12.2 Å². The molecule has 0 aliphatic carbocycles. The number of alkyl halides is 6. The third-order valence-corrected chi connectivity index (χ3v) is 6.67. The van der Waals surface area contributed by atoms with E-state index in [1.165, 1.54) is 25.7 Å². The third-order valence-electron chi connectivity index (χ3n) is 6.23. The van der Waals surface area contributed by atoms with Crippen LogP contribution in [0.25, 0.3) is 0 Å². The Morgan fingerprint density at radius 2 is 1.85 bits per heavy atom. The van der Waals surface area contributed by atoms with Crippen LogP contribution in [0.4, 0.5) is 32.2 Å². The average Bonchev–Trinajstić information content (AvgIpc) is 2.83. The fraction of sp³-hybridized carbons (Fsp3) is 0.640. The maximum Gasteiger partial charge on any atom is 0.417 e. The number of halogens is 6. The maximum absolute atomic E-state index is 14.1. The second-order valence-electron chi connectivity index (χ2n) is 10.4. The van der Waals surface area contributed by atoms with Gasteiger partial charge in [-0.05, 0) is 59.9 Å². The lowest BCUT2D eigenvalue weighted by Crippen LogP contribution is -2.49. The largest absolute Gasteiger partial charge is 0.417 e. The summed E-state index contributed by atoms with van der Waals surface area (Å²) in [5.74, 6) is -2.18. The van der Waals surface area contributed by atoms with E-state index in [1.54, 1.807) is 6.92 Å². The summed E-state index contributed by atoms with van der Waals surface area (Å²) in [6.45, 7) is 6.77. The van der Waals surface area contributed by atoms with Crippen molar-refractivity contribution in [2.45, 2.75) is 90.0 Å². The highest BCUT2D eigenvalue weighted by Gasteiger charge is 2.41. The number of hydrogen-bond acceptors (Lipinski definition) is 7. The molecule has 40 heavy (non-hydrogen) atoms. The number of nitrogens with one attached hydrogen (secondary N) is 2. The van der Waals surface area contributed by atoms with Gasteiger partial charge in [-0.3, -0.25) is 14.6 Å². The fourth-order valence-corrected chi connectivity index (χ4v) is 4.22. The summed E-state index contributed by atoms with van der Waals surface area (Å²) in [6.07, 6.45) is -7.03. The minimum absolute atomic E-state index is 0.169. The van der Waals surface area contributed by atoms with Crippen molar-refractivity contribution in [2.24, 2.45) is 4.99 Å². The van der Waals surface area contributed by atoms with Crippen LogP contribution in [0.1, 0.15) is 65.0 Å². The SMILES string of the molecule is CC(=NC(C(=O)N1CCCC[C@@H]1C)C(=S)c1cnc(N[C@@H](C)C(F)(F)F)cc1C(F)(F)F)C(=O)NCC(C)(C)O. The van der Waals surface area contributed by atoms with Crippen molar-refractivity contribution in [2.75, 3.05) is 18.4 Å². The van der Waals surface area contributed by atoms with E-state index in [2.05, 4.69) is 15.3 Å². The number of pyridine rings is 1. The number of aliphatic hydroxyl groups is 1. The third kappa shape index (κ3) is 9.11. The summed E-state index contributed by atoms with van der Waals surface area (Å²) in [5.41, 5.74) is -3.66. The van der Waals surface area contributed by atoms with Gasteiger partial charge in [-0.15, -0.1) is 0 Å². The van der Waals surface area contributed by atoms with Crippen molar-refractivity contribution < 1.29 is 41.0 Å². The molecule has 15 heteroatoms. The van der Waals surface area contributed by atoms with E-state index in [0.717, 1.165) is 13.3 Å². The van der Waals surface area contributed by atoms with E-state index in [9.17, 15) is 41.0 Å². The van der Waals surface area contributed by atoms with Gasteiger partial charge >= 0.3 is 12.4 Å². The number of thiocarbonyl (C=S) groups is 1. The summed E-state index contributed by atoms with van der Waals surface area (Å²) >= 11 is 5.34. The smallest absolute Gasteiger partial charge is 0.389 e. The molecule has 1 aliphatic rings. The molecule has 1 aliphatic heterocycles. The Balaban J connectivity index is 2.56. The molecule has 8 nitrogen and oxygen atoms in total. The lowest BCUT2D eigenvalue weighted by Gasteiger charge is -2.35. The van der Waals surface area contributed by atoms with Crippen LogP contribution in [-0.2, 0) is 15.8 Å². The van der Waals surface area contributed by atoms with Crippen molar-refractivity contribution in [3.63, 3.8) is 0 Å². The van der Waals surface area contributed by atoms with Gasteiger partial charge in [-0.1, -0.05) is 12.2 Å². The Hall–Kier alpha value is -2.81. The van der Waals surface area contributed by atoms with Crippen LogP contribution in [0.15, 0.2) is 17.3 Å². The number of likely N-dealkylation sites (tertiary alicyclic amines) is 1. The van der Waals surface area contributed by atoms with Gasteiger partial charge in [0.1, 0.15) is 11.9 Å². The molecule has 3 atom stereocenters. The average molecular weight is 598 g/mol.